The minimum atomic E-state index is -0.336. The van der Waals surface area contributed by atoms with Gasteiger partial charge in [-0.3, -0.25) is 9.69 Å². The molecule has 2 aromatic carbocycles. The van der Waals surface area contributed by atoms with Gasteiger partial charge in [0.25, 0.3) is 0 Å². The van der Waals surface area contributed by atoms with Crippen LogP contribution in [0.3, 0.4) is 0 Å². The van der Waals surface area contributed by atoms with Crippen molar-refractivity contribution in [3.05, 3.63) is 53.8 Å². The second-order valence-electron chi connectivity index (χ2n) is 9.24. The van der Waals surface area contributed by atoms with Crippen LogP contribution in [0.1, 0.15) is 24.8 Å². The van der Waals surface area contributed by atoms with Gasteiger partial charge in [0.15, 0.2) is 11.5 Å². The molecule has 1 amide bonds. The highest BCUT2D eigenvalue weighted by Gasteiger charge is 2.39. The SMILES string of the molecule is CN1CC(C(=O)Nc2cccc(F)c2)CC1C1CCN(Cc2ccc3c(c2)OCO3)CC1. The number of fused-ring (bicyclic) bond motifs is 1. The second kappa shape index (κ2) is 9.08. The molecule has 3 heterocycles. The van der Waals surface area contributed by atoms with Gasteiger partial charge in [0.2, 0.25) is 12.7 Å². The summed E-state index contributed by atoms with van der Waals surface area (Å²) in [5, 5.41) is 2.89. The van der Waals surface area contributed by atoms with Gasteiger partial charge in [-0.25, -0.2) is 4.39 Å². The first-order valence-electron chi connectivity index (χ1n) is 11.4. The fourth-order valence-corrected chi connectivity index (χ4v) is 5.38. The third kappa shape index (κ3) is 4.59. The highest BCUT2D eigenvalue weighted by Crippen LogP contribution is 2.35. The van der Waals surface area contributed by atoms with E-state index in [9.17, 15) is 9.18 Å². The summed E-state index contributed by atoms with van der Waals surface area (Å²) in [5.74, 6) is 1.86. The van der Waals surface area contributed by atoms with Crippen molar-refractivity contribution in [3.63, 3.8) is 0 Å². The number of hydrogen-bond donors (Lipinski definition) is 1. The summed E-state index contributed by atoms with van der Waals surface area (Å²) in [5.41, 5.74) is 1.78. The Morgan fingerprint density at radius 2 is 1.94 bits per heavy atom. The smallest absolute Gasteiger partial charge is 0.231 e. The summed E-state index contributed by atoms with van der Waals surface area (Å²) in [6.07, 6.45) is 3.14. The summed E-state index contributed by atoms with van der Waals surface area (Å²) in [4.78, 5) is 17.6. The Bertz CT molecular complexity index is 977. The fraction of sp³-hybridized carbons (Fsp3) is 0.480. The van der Waals surface area contributed by atoms with E-state index in [-0.39, 0.29) is 17.6 Å². The molecule has 2 saturated heterocycles. The lowest BCUT2D eigenvalue weighted by atomic mass is 9.86. The number of ether oxygens (including phenoxy) is 2. The number of halogens is 1. The molecule has 2 fully saturated rings. The number of hydrogen-bond acceptors (Lipinski definition) is 5. The molecule has 5 rings (SSSR count). The molecule has 0 saturated carbocycles. The van der Waals surface area contributed by atoms with Gasteiger partial charge in [0.05, 0.1) is 5.92 Å². The number of nitrogens with one attached hydrogen (secondary N) is 1. The maximum atomic E-state index is 13.4. The number of carbonyl (C=O) groups is 1. The predicted molar refractivity (Wildman–Crippen MR) is 120 cm³/mol. The average Bonchev–Trinajstić information content (AvgIpc) is 3.40. The topological polar surface area (TPSA) is 54.0 Å². The van der Waals surface area contributed by atoms with Crippen LogP contribution in [0.5, 0.6) is 11.5 Å². The zero-order valence-electron chi connectivity index (χ0n) is 18.4. The molecule has 0 aliphatic carbocycles. The third-order valence-electron chi connectivity index (χ3n) is 7.08. The van der Waals surface area contributed by atoms with Crippen LogP contribution in [0, 0.1) is 17.7 Å². The van der Waals surface area contributed by atoms with Crippen molar-refractivity contribution in [2.45, 2.75) is 31.8 Å². The lowest BCUT2D eigenvalue weighted by Gasteiger charge is -2.37. The van der Waals surface area contributed by atoms with Crippen molar-refractivity contribution in [2.75, 3.05) is 38.8 Å². The largest absolute Gasteiger partial charge is 0.454 e. The fourth-order valence-electron chi connectivity index (χ4n) is 5.38. The molecule has 7 heteroatoms. The molecule has 0 bridgehead atoms. The standard InChI is InChI=1S/C25H30FN3O3/c1-28-15-19(25(30)27-21-4-2-3-20(26)13-21)12-22(28)18-7-9-29(10-8-18)14-17-5-6-23-24(11-17)32-16-31-23/h2-6,11,13,18-19,22H,7-10,12,14-16H2,1H3,(H,27,30). The average molecular weight is 440 g/mol. The van der Waals surface area contributed by atoms with Gasteiger partial charge in [-0.05, 0) is 81.2 Å². The molecule has 2 unspecified atom stereocenters. The number of carbonyl (C=O) groups excluding carboxylic acids is 1. The zero-order chi connectivity index (χ0) is 22.1. The van der Waals surface area contributed by atoms with Crippen molar-refractivity contribution >= 4 is 11.6 Å². The summed E-state index contributed by atoms with van der Waals surface area (Å²) < 4.78 is 24.3. The number of likely N-dealkylation sites (tertiary alicyclic amines) is 2. The number of piperidine rings is 1. The van der Waals surface area contributed by atoms with Gasteiger partial charge >= 0.3 is 0 Å². The van der Waals surface area contributed by atoms with Crippen LogP contribution in [-0.2, 0) is 11.3 Å². The van der Waals surface area contributed by atoms with Crippen molar-refractivity contribution in [1.29, 1.82) is 0 Å². The van der Waals surface area contributed by atoms with Gasteiger partial charge < -0.3 is 19.7 Å². The number of benzene rings is 2. The first kappa shape index (κ1) is 21.2. The molecule has 32 heavy (non-hydrogen) atoms. The molecule has 0 radical (unpaired) electrons. The molecule has 6 nitrogen and oxygen atoms in total. The lowest BCUT2D eigenvalue weighted by Crippen LogP contribution is -2.41. The van der Waals surface area contributed by atoms with Crippen LogP contribution < -0.4 is 14.8 Å². The molecule has 2 atom stereocenters. The molecular weight excluding hydrogens is 409 g/mol. The van der Waals surface area contributed by atoms with Crippen molar-refractivity contribution in [1.82, 2.24) is 9.80 Å². The Hall–Kier alpha value is -2.64. The Labute approximate surface area is 188 Å². The molecule has 0 spiro atoms. The van der Waals surface area contributed by atoms with Crippen LogP contribution in [-0.4, -0.2) is 55.2 Å². The van der Waals surface area contributed by atoms with E-state index in [0.29, 0.717) is 24.4 Å². The number of rotatable bonds is 5. The van der Waals surface area contributed by atoms with Gasteiger partial charge in [-0.15, -0.1) is 0 Å². The van der Waals surface area contributed by atoms with Crippen molar-refractivity contribution < 1.29 is 18.7 Å². The van der Waals surface area contributed by atoms with E-state index in [1.807, 2.05) is 6.07 Å². The minimum Gasteiger partial charge on any atom is -0.454 e. The van der Waals surface area contributed by atoms with Crippen molar-refractivity contribution in [2.24, 2.45) is 11.8 Å². The second-order valence-corrected chi connectivity index (χ2v) is 9.24. The molecule has 2 aromatic rings. The highest BCUT2D eigenvalue weighted by atomic mass is 19.1. The van der Waals surface area contributed by atoms with Gasteiger partial charge in [0.1, 0.15) is 5.82 Å². The van der Waals surface area contributed by atoms with E-state index >= 15 is 0 Å². The Morgan fingerprint density at radius 1 is 1.12 bits per heavy atom. The summed E-state index contributed by atoms with van der Waals surface area (Å²) in [6, 6.07) is 12.7. The first-order valence-corrected chi connectivity index (χ1v) is 11.4. The number of amides is 1. The summed E-state index contributed by atoms with van der Waals surface area (Å²) >= 11 is 0. The van der Waals surface area contributed by atoms with Crippen molar-refractivity contribution in [3.8, 4) is 11.5 Å². The predicted octanol–water partition coefficient (Wildman–Crippen LogP) is 3.73. The molecule has 3 aliphatic rings. The van der Waals surface area contributed by atoms with E-state index in [4.69, 9.17) is 9.47 Å². The molecule has 0 aromatic heterocycles. The minimum absolute atomic E-state index is 0.00908. The van der Waals surface area contributed by atoms with Crippen LogP contribution in [0.2, 0.25) is 0 Å². The quantitative estimate of drug-likeness (QED) is 0.770. The Kier molecular flexibility index (Phi) is 6.02. The van der Waals surface area contributed by atoms with E-state index in [0.717, 1.165) is 56.9 Å². The van der Waals surface area contributed by atoms with E-state index in [2.05, 4.69) is 34.3 Å². The van der Waals surface area contributed by atoms with E-state index in [1.165, 1.54) is 17.7 Å². The van der Waals surface area contributed by atoms with Gasteiger partial charge in [0, 0.05) is 24.8 Å². The Balaban J connectivity index is 1.12. The van der Waals surface area contributed by atoms with Gasteiger partial charge in [-0.2, -0.15) is 0 Å². The molecule has 1 N–H and O–H groups in total. The lowest BCUT2D eigenvalue weighted by molar-refractivity contribution is -0.119. The van der Waals surface area contributed by atoms with Crippen LogP contribution in [0.25, 0.3) is 0 Å². The highest BCUT2D eigenvalue weighted by molar-refractivity contribution is 5.92. The maximum absolute atomic E-state index is 13.4. The van der Waals surface area contributed by atoms with Crippen LogP contribution in [0.4, 0.5) is 10.1 Å². The third-order valence-corrected chi connectivity index (χ3v) is 7.08. The van der Waals surface area contributed by atoms with Gasteiger partial charge in [-0.1, -0.05) is 12.1 Å². The number of anilines is 1. The maximum Gasteiger partial charge on any atom is 0.231 e. The zero-order valence-corrected chi connectivity index (χ0v) is 18.4. The molecule has 3 aliphatic heterocycles. The molecule has 170 valence electrons. The first-order chi connectivity index (χ1) is 15.5. The van der Waals surface area contributed by atoms with Crippen LogP contribution >= 0.6 is 0 Å². The monoisotopic (exact) mass is 439 g/mol. The number of nitrogens with zero attached hydrogens (tertiary/aromatic N) is 2. The van der Waals surface area contributed by atoms with E-state index < -0.39 is 0 Å². The summed E-state index contributed by atoms with van der Waals surface area (Å²) in [6.45, 7) is 4.10. The molecular formula is C25H30FN3O3. The normalized spacial score (nSPS) is 24.1. The van der Waals surface area contributed by atoms with Crippen LogP contribution in [0.15, 0.2) is 42.5 Å². The summed E-state index contributed by atoms with van der Waals surface area (Å²) in [7, 11) is 2.12. The van der Waals surface area contributed by atoms with E-state index in [1.54, 1.807) is 12.1 Å². The Morgan fingerprint density at radius 3 is 2.75 bits per heavy atom.